The van der Waals surface area contributed by atoms with E-state index in [-0.39, 0.29) is 11.6 Å². The molecule has 1 heterocycles. The second-order valence-corrected chi connectivity index (χ2v) is 7.93. The number of aliphatic imine (C=N–C) groups is 1. The molecular formula is C21H18Cl3NO4. The SMILES string of the molecule is COc1cc(/C=C2\N=C(c3ccc(Cl)c(Cl)c3)OC2=O)cc(Cl)c1OCC(C)C. The van der Waals surface area contributed by atoms with Crippen molar-refractivity contribution in [3.8, 4) is 11.5 Å². The molecule has 29 heavy (non-hydrogen) atoms. The Bertz CT molecular complexity index is 1020. The van der Waals surface area contributed by atoms with E-state index in [1.807, 2.05) is 13.8 Å². The first-order valence-electron chi connectivity index (χ1n) is 8.76. The highest BCUT2D eigenvalue weighted by atomic mass is 35.5. The summed E-state index contributed by atoms with van der Waals surface area (Å²) in [6.07, 6.45) is 1.56. The lowest BCUT2D eigenvalue weighted by molar-refractivity contribution is -0.129. The number of rotatable bonds is 6. The molecule has 1 aliphatic rings. The van der Waals surface area contributed by atoms with Crippen molar-refractivity contribution in [2.45, 2.75) is 13.8 Å². The van der Waals surface area contributed by atoms with E-state index >= 15 is 0 Å². The summed E-state index contributed by atoms with van der Waals surface area (Å²) < 4.78 is 16.4. The molecule has 2 aromatic rings. The molecule has 0 spiro atoms. The number of esters is 1. The van der Waals surface area contributed by atoms with Crippen molar-refractivity contribution in [3.63, 3.8) is 0 Å². The highest BCUT2D eigenvalue weighted by molar-refractivity contribution is 6.42. The van der Waals surface area contributed by atoms with Crippen LogP contribution in [0.5, 0.6) is 11.5 Å². The fraction of sp³-hybridized carbons (Fsp3) is 0.238. The molecule has 0 radical (unpaired) electrons. The first kappa shape index (κ1) is 21.5. The molecule has 5 nitrogen and oxygen atoms in total. The third-order valence-corrected chi connectivity index (χ3v) is 4.92. The number of ether oxygens (including phenoxy) is 3. The molecule has 0 atom stereocenters. The number of carbonyl (C=O) groups excluding carboxylic acids is 1. The summed E-state index contributed by atoms with van der Waals surface area (Å²) in [7, 11) is 1.52. The van der Waals surface area contributed by atoms with Crippen LogP contribution < -0.4 is 9.47 Å². The van der Waals surface area contributed by atoms with Crippen molar-refractivity contribution in [3.05, 3.63) is 62.2 Å². The summed E-state index contributed by atoms with van der Waals surface area (Å²) in [6, 6.07) is 8.25. The minimum Gasteiger partial charge on any atom is -0.493 e. The van der Waals surface area contributed by atoms with E-state index in [4.69, 9.17) is 49.0 Å². The number of hydrogen-bond acceptors (Lipinski definition) is 5. The van der Waals surface area contributed by atoms with Gasteiger partial charge < -0.3 is 14.2 Å². The Kier molecular flexibility index (Phi) is 6.73. The lowest BCUT2D eigenvalue weighted by Gasteiger charge is -2.14. The Morgan fingerprint density at radius 3 is 2.52 bits per heavy atom. The van der Waals surface area contributed by atoms with E-state index in [0.717, 1.165) is 0 Å². The van der Waals surface area contributed by atoms with Crippen molar-refractivity contribution in [1.29, 1.82) is 0 Å². The van der Waals surface area contributed by atoms with Gasteiger partial charge in [0.2, 0.25) is 5.90 Å². The van der Waals surface area contributed by atoms with Gasteiger partial charge in [0, 0.05) is 5.56 Å². The predicted octanol–water partition coefficient (Wildman–Crippen LogP) is 6.03. The molecule has 0 aromatic heterocycles. The third kappa shape index (κ3) is 5.04. The predicted molar refractivity (Wildman–Crippen MR) is 115 cm³/mol. The molecule has 1 aliphatic heterocycles. The Morgan fingerprint density at radius 2 is 1.86 bits per heavy atom. The van der Waals surface area contributed by atoms with Gasteiger partial charge in [0.15, 0.2) is 17.2 Å². The number of halogens is 3. The van der Waals surface area contributed by atoms with E-state index in [9.17, 15) is 4.79 Å². The molecule has 8 heteroatoms. The van der Waals surface area contributed by atoms with Crippen molar-refractivity contribution in [1.82, 2.24) is 0 Å². The fourth-order valence-electron chi connectivity index (χ4n) is 2.53. The van der Waals surface area contributed by atoms with Crippen molar-refractivity contribution in [2.24, 2.45) is 10.9 Å². The highest BCUT2D eigenvalue weighted by Gasteiger charge is 2.25. The maximum atomic E-state index is 12.2. The van der Waals surface area contributed by atoms with Gasteiger partial charge in [-0.1, -0.05) is 48.7 Å². The topological polar surface area (TPSA) is 57.1 Å². The van der Waals surface area contributed by atoms with E-state index in [0.29, 0.717) is 50.2 Å². The Balaban J connectivity index is 1.92. The number of benzene rings is 2. The minimum absolute atomic E-state index is 0.125. The van der Waals surface area contributed by atoms with Gasteiger partial charge in [0.05, 0.1) is 28.8 Å². The van der Waals surface area contributed by atoms with Crippen LogP contribution in [0.3, 0.4) is 0 Å². The van der Waals surface area contributed by atoms with Crippen LogP contribution in [0, 0.1) is 5.92 Å². The third-order valence-electron chi connectivity index (χ3n) is 3.90. The van der Waals surface area contributed by atoms with Crippen molar-refractivity contribution >= 4 is 52.7 Å². The van der Waals surface area contributed by atoms with E-state index < -0.39 is 5.97 Å². The molecule has 0 saturated carbocycles. The van der Waals surface area contributed by atoms with Gasteiger partial charge in [-0.2, -0.15) is 0 Å². The zero-order valence-electron chi connectivity index (χ0n) is 16.0. The van der Waals surface area contributed by atoms with Gasteiger partial charge in [0.1, 0.15) is 0 Å². The molecule has 2 aromatic carbocycles. The van der Waals surface area contributed by atoms with Gasteiger partial charge in [-0.25, -0.2) is 9.79 Å². The summed E-state index contributed by atoms with van der Waals surface area (Å²) in [4.78, 5) is 16.5. The van der Waals surface area contributed by atoms with Gasteiger partial charge >= 0.3 is 5.97 Å². The van der Waals surface area contributed by atoms with Crippen LogP contribution in [0.1, 0.15) is 25.0 Å². The van der Waals surface area contributed by atoms with E-state index in [1.165, 1.54) is 7.11 Å². The number of hydrogen-bond donors (Lipinski definition) is 0. The van der Waals surface area contributed by atoms with Gasteiger partial charge in [-0.15, -0.1) is 0 Å². The smallest absolute Gasteiger partial charge is 0.363 e. The maximum Gasteiger partial charge on any atom is 0.363 e. The Hall–Kier alpha value is -2.21. The molecule has 0 aliphatic carbocycles. The molecule has 0 saturated heterocycles. The largest absolute Gasteiger partial charge is 0.493 e. The monoisotopic (exact) mass is 453 g/mol. The molecule has 0 unspecified atom stereocenters. The quantitative estimate of drug-likeness (QED) is 0.395. The first-order valence-corrected chi connectivity index (χ1v) is 9.90. The average molecular weight is 455 g/mol. The zero-order valence-corrected chi connectivity index (χ0v) is 18.2. The molecule has 152 valence electrons. The standard InChI is InChI=1S/C21H18Cl3NO4/c1-11(2)10-28-19-16(24)6-12(8-18(19)27-3)7-17-21(26)29-20(25-17)13-4-5-14(22)15(23)9-13/h4-9,11H,10H2,1-3H3/b17-7-. The number of nitrogens with zero attached hydrogens (tertiary/aromatic N) is 1. The van der Waals surface area contributed by atoms with Crippen LogP contribution in [-0.4, -0.2) is 25.6 Å². The molecular weight excluding hydrogens is 437 g/mol. The second kappa shape index (κ2) is 9.08. The van der Waals surface area contributed by atoms with E-state index in [2.05, 4.69) is 4.99 Å². The van der Waals surface area contributed by atoms with Gasteiger partial charge in [-0.3, -0.25) is 0 Å². The summed E-state index contributed by atoms with van der Waals surface area (Å²) in [6.45, 7) is 4.57. The summed E-state index contributed by atoms with van der Waals surface area (Å²) in [5, 5.41) is 1.11. The van der Waals surface area contributed by atoms with E-state index in [1.54, 1.807) is 36.4 Å². The number of methoxy groups -OCH3 is 1. The lowest BCUT2D eigenvalue weighted by atomic mass is 10.1. The molecule has 0 amide bonds. The van der Waals surface area contributed by atoms with Crippen LogP contribution in [-0.2, 0) is 9.53 Å². The lowest BCUT2D eigenvalue weighted by Crippen LogP contribution is -2.06. The van der Waals surface area contributed by atoms with Crippen molar-refractivity contribution < 1.29 is 19.0 Å². The highest BCUT2D eigenvalue weighted by Crippen LogP contribution is 2.37. The number of cyclic esters (lactones) is 1. The fourth-order valence-corrected chi connectivity index (χ4v) is 3.10. The maximum absolute atomic E-state index is 12.2. The molecule has 0 bridgehead atoms. The number of carbonyl (C=O) groups is 1. The van der Waals surface area contributed by atoms with Gasteiger partial charge in [0.25, 0.3) is 0 Å². The Morgan fingerprint density at radius 1 is 1.10 bits per heavy atom. The zero-order chi connectivity index (χ0) is 21.1. The van der Waals surface area contributed by atoms with Crippen LogP contribution in [0.4, 0.5) is 0 Å². The Labute approximate surface area is 183 Å². The summed E-state index contributed by atoms with van der Waals surface area (Å²) in [5.74, 6) is 0.820. The van der Waals surface area contributed by atoms with Crippen LogP contribution in [0.15, 0.2) is 41.0 Å². The molecule has 0 fully saturated rings. The molecule has 3 rings (SSSR count). The average Bonchev–Trinajstić information content (AvgIpc) is 3.03. The summed E-state index contributed by atoms with van der Waals surface area (Å²) >= 11 is 18.3. The van der Waals surface area contributed by atoms with Crippen LogP contribution >= 0.6 is 34.8 Å². The minimum atomic E-state index is -0.582. The van der Waals surface area contributed by atoms with Crippen molar-refractivity contribution in [2.75, 3.05) is 13.7 Å². The first-order chi connectivity index (χ1) is 13.8. The normalized spacial score (nSPS) is 14.9. The summed E-state index contributed by atoms with van der Waals surface area (Å²) in [5.41, 5.74) is 1.29. The molecule has 0 N–H and O–H groups in total. The van der Waals surface area contributed by atoms with Crippen LogP contribution in [0.25, 0.3) is 6.08 Å². The second-order valence-electron chi connectivity index (χ2n) is 6.70. The van der Waals surface area contributed by atoms with Gasteiger partial charge in [-0.05, 0) is 47.9 Å². The van der Waals surface area contributed by atoms with Crippen LogP contribution in [0.2, 0.25) is 15.1 Å².